The van der Waals surface area contributed by atoms with Crippen molar-refractivity contribution in [3.63, 3.8) is 0 Å². The van der Waals surface area contributed by atoms with Gasteiger partial charge in [0.1, 0.15) is 67.1 Å². The molecule has 17 nitrogen and oxygen atoms in total. The first kappa shape index (κ1) is 45.2. The summed E-state index contributed by atoms with van der Waals surface area (Å²) in [5.41, 5.74) is 1.41. The summed E-state index contributed by atoms with van der Waals surface area (Å²) in [6.07, 6.45) is -12.3. The van der Waals surface area contributed by atoms with Gasteiger partial charge in [-0.25, -0.2) is 0 Å². The maximum atomic E-state index is 11.5. The average molecular weight is 871 g/mol. The molecule has 0 aromatic carbocycles. The quantitative estimate of drug-likeness (QED) is 0.113. The molecule has 5 heterocycles. The molecule has 0 amide bonds. The maximum Gasteiger partial charge on any atom is 0.187 e. The molecule has 9 rings (SSSR count). The second kappa shape index (κ2) is 17.0. The number of aliphatic hydroxyl groups is 9. The van der Waals surface area contributed by atoms with Gasteiger partial charge in [-0.2, -0.15) is 0 Å². The van der Waals surface area contributed by atoms with E-state index in [-0.39, 0.29) is 23.0 Å². The van der Waals surface area contributed by atoms with Gasteiger partial charge in [0.15, 0.2) is 24.7 Å². The van der Waals surface area contributed by atoms with Crippen molar-refractivity contribution < 1.29 is 83.9 Å². The Morgan fingerprint density at radius 3 is 2.10 bits per heavy atom. The monoisotopic (exact) mass is 870 g/mol. The minimum Gasteiger partial charge on any atom is -0.394 e. The lowest BCUT2D eigenvalue weighted by Gasteiger charge is -2.61. The zero-order valence-corrected chi connectivity index (χ0v) is 35.6. The van der Waals surface area contributed by atoms with Gasteiger partial charge in [-0.05, 0) is 98.2 Å². The van der Waals surface area contributed by atoms with E-state index in [9.17, 15) is 46.0 Å². The Hall–Kier alpha value is -0.940. The van der Waals surface area contributed by atoms with E-state index in [0.717, 1.165) is 63.4 Å². The minimum atomic E-state index is -1.82. The summed E-state index contributed by atoms with van der Waals surface area (Å²) in [5.74, 6) is 2.37. The summed E-state index contributed by atoms with van der Waals surface area (Å²) >= 11 is 0. The van der Waals surface area contributed by atoms with E-state index in [0.29, 0.717) is 48.5 Å². The molecule has 0 aromatic heterocycles. The van der Waals surface area contributed by atoms with Crippen LogP contribution >= 0.6 is 0 Å². The van der Waals surface area contributed by atoms with Crippen LogP contribution in [0.4, 0.5) is 0 Å². The fourth-order valence-electron chi connectivity index (χ4n) is 14.2. The number of fused-ring (bicyclic) bond motifs is 7. The van der Waals surface area contributed by atoms with Gasteiger partial charge in [0, 0.05) is 12.3 Å². The smallest absolute Gasteiger partial charge is 0.187 e. The van der Waals surface area contributed by atoms with Crippen LogP contribution in [0.15, 0.2) is 12.2 Å². The van der Waals surface area contributed by atoms with E-state index in [1.807, 2.05) is 0 Å². The first-order valence-corrected chi connectivity index (χ1v) is 22.9. The van der Waals surface area contributed by atoms with Crippen LogP contribution < -0.4 is 0 Å². The summed E-state index contributed by atoms with van der Waals surface area (Å²) in [7, 11) is 0. The molecule has 1 spiro atoms. The van der Waals surface area contributed by atoms with Crippen LogP contribution in [0.25, 0.3) is 0 Å². The topological polar surface area (TPSA) is 256 Å². The Balaban J connectivity index is 0.918. The Morgan fingerprint density at radius 1 is 0.689 bits per heavy atom. The van der Waals surface area contributed by atoms with Crippen LogP contribution in [-0.2, 0) is 37.9 Å². The van der Waals surface area contributed by atoms with E-state index >= 15 is 0 Å². The number of aliphatic hydroxyl groups excluding tert-OH is 9. The van der Waals surface area contributed by atoms with E-state index in [1.54, 1.807) is 0 Å². The number of ether oxygens (including phenoxy) is 8. The van der Waals surface area contributed by atoms with E-state index in [1.165, 1.54) is 0 Å². The molecule has 17 heteroatoms. The van der Waals surface area contributed by atoms with Gasteiger partial charge in [0.2, 0.25) is 0 Å². The van der Waals surface area contributed by atoms with Crippen molar-refractivity contribution in [2.45, 2.75) is 189 Å². The second-order valence-corrected chi connectivity index (χ2v) is 20.7. The molecule has 9 fully saturated rings. The molecule has 4 saturated carbocycles. The van der Waals surface area contributed by atoms with Crippen molar-refractivity contribution in [2.24, 2.45) is 46.3 Å². The second-order valence-electron chi connectivity index (χ2n) is 20.7. The third kappa shape index (κ3) is 7.51. The largest absolute Gasteiger partial charge is 0.394 e. The molecule has 348 valence electrons. The predicted octanol–water partition coefficient (Wildman–Crippen LogP) is -0.174. The van der Waals surface area contributed by atoms with Crippen LogP contribution in [0, 0.1) is 46.3 Å². The summed E-state index contributed by atoms with van der Waals surface area (Å²) in [6, 6.07) is 0. The molecule has 9 aliphatic rings. The Kier molecular flexibility index (Phi) is 12.6. The van der Waals surface area contributed by atoms with Gasteiger partial charge in [-0.15, -0.1) is 0 Å². The molecule has 0 aromatic rings. The van der Waals surface area contributed by atoms with Gasteiger partial charge < -0.3 is 83.9 Å². The number of rotatable bonds is 8. The zero-order chi connectivity index (χ0) is 43.3. The van der Waals surface area contributed by atoms with Crippen molar-refractivity contribution in [1.29, 1.82) is 0 Å². The van der Waals surface area contributed by atoms with Crippen molar-refractivity contribution in [1.82, 2.24) is 0 Å². The molecule has 4 aliphatic carbocycles. The molecular weight excluding hydrogens is 800 g/mol. The van der Waals surface area contributed by atoms with Gasteiger partial charge in [-0.3, -0.25) is 0 Å². The first-order chi connectivity index (χ1) is 29.0. The standard InChI is InChI=1S/C44H70O17/c1-19-7-12-44(55-17-19)20(2)30-27(61-44)14-25-23-6-5-21-13-22(8-10-42(21,3)24(23)9-11-43(25,30)4)56-41-38(60-40-36(53)34(51)32(49)28(15-45)57-40)37(33(50)29(16-46)58-41)59-39-35(52)31(48)26(47)18-54-39/h20-41,45-53H,1,5-18H2,2-4H3/t20-,21+,22-,23+,24-,25-,26+,27-,28+,29+,30-,31-,32+,33+,34-,35+,36+,37-,38+,39-,40-,41+,42-,43-,44+/m0/s1. The van der Waals surface area contributed by atoms with Crippen molar-refractivity contribution in [3.8, 4) is 0 Å². The zero-order valence-electron chi connectivity index (χ0n) is 35.6. The summed E-state index contributed by atoms with van der Waals surface area (Å²) in [4.78, 5) is 0. The molecule has 9 N–H and O–H groups in total. The summed E-state index contributed by atoms with van der Waals surface area (Å²) in [6.45, 7) is 10.3. The van der Waals surface area contributed by atoms with Crippen LogP contribution in [0.5, 0.6) is 0 Å². The summed E-state index contributed by atoms with van der Waals surface area (Å²) in [5, 5.41) is 95.1. The Morgan fingerprint density at radius 2 is 1.38 bits per heavy atom. The van der Waals surface area contributed by atoms with Crippen molar-refractivity contribution >= 4 is 0 Å². The first-order valence-electron chi connectivity index (χ1n) is 22.9. The van der Waals surface area contributed by atoms with Crippen LogP contribution in [0.1, 0.15) is 85.0 Å². The highest BCUT2D eigenvalue weighted by atomic mass is 16.8. The molecule has 25 atom stereocenters. The Labute approximate surface area is 357 Å². The van der Waals surface area contributed by atoms with Gasteiger partial charge in [-0.1, -0.05) is 32.9 Å². The van der Waals surface area contributed by atoms with Crippen molar-refractivity contribution in [3.05, 3.63) is 12.2 Å². The molecule has 0 radical (unpaired) electrons. The van der Waals surface area contributed by atoms with E-state index in [4.69, 9.17) is 37.9 Å². The van der Waals surface area contributed by atoms with Crippen LogP contribution in [-0.4, -0.2) is 176 Å². The number of hydrogen-bond donors (Lipinski definition) is 9. The highest BCUT2D eigenvalue weighted by molar-refractivity contribution is 5.16. The fraction of sp³-hybridized carbons (Fsp3) is 0.955. The normalized spacial score (nSPS) is 57.3. The lowest BCUT2D eigenvalue weighted by molar-refractivity contribution is -0.392. The lowest BCUT2D eigenvalue weighted by Crippen LogP contribution is -2.67. The SMILES string of the molecule is C=C1CC[C@@]2(OC1)O[C@H]1C[C@H]3[C@@H]4CC[C@@H]5C[C@@H](O[C@@H]6O[C@H](CO)[C@@H](O)[C@H](O[C@@H]7OC[C@@H](O)[C@H](O)[C@H]7O)[C@H]6O[C@@H]6O[C@H](CO)[C@@H](O)[C@H](O)[C@H]6O)CC[C@]5(C)[C@H]4CC[C@]3(C)[C@H]1[C@@H]2C. The maximum absolute atomic E-state index is 11.5. The number of hydrogen-bond acceptors (Lipinski definition) is 17. The van der Waals surface area contributed by atoms with Gasteiger partial charge in [0.05, 0.1) is 38.6 Å². The minimum absolute atomic E-state index is 0.0807. The third-order valence-electron chi connectivity index (χ3n) is 17.6. The molecule has 61 heavy (non-hydrogen) atoms. The van der Waals surface area contributed by atoms with E-state index in [2.05, 4.69) is 27.4 Å². The fourth-order valence-corrected chi connectivity index (χ4v) is 14.2. The summed E-state index contributed by atoms with van der Waals surface area (Å²) < 4.78 is 49.9. The third-order valence-corrected chi connectivity index (χ3v) is 17.6. The van der Waals surface area contributed by atoms with E-state index < -0.39 is 112 Å². The molecular formula is C44H70O17. The Bertz CT molecular complexity index is 1560. The highest BCUT2D eigenvalue weighted by Crippen LogP contribution is 2.71. The van der Waals surface area contributed by atoms with Crippen molar-refractivity contribution in [2.75, 3.05) is 26.4 Å². The van der Waals surface area contributed by atoms with Crippen LogP contribution in [0.2, 0.25) is 0 Å². The van der Waals surface area contributed by atoms with Crippen LogP contribution in [0.3, 0.4) is 0 Å². The lowest BCUT2D eigenvalue weighted by atomic mass is 9.44. The van der Waals surface area contributed by atoms with Gasteiger partial charge in [0.25, 0.3) is 0 Å². The van der Waals surface area contributed by atoms with Gasteiger partial charge >= 0.3 is 0 Å². The molecule has 0 unspecified atom stereocenters. The molecule has 5 saturated heterocycles. The average Bonchev–Trinajstić information content (AvgIpc) is 3.69. The predicted molar refractivity (Wildman–Crippen MR) is 210 cm³/mol. The highest BCUT2D eigenvalue weighted by Gasteiger charge is 2.69. The molecule has 0 bridgehead atoms. The molecule has 5 aliphatic heterocycles.